The lowest BCUT2D eigenvalue weighted by Gasteiger charge is -2.15. The van der Waals surface area contributed by atoms with Gasteiger partial charge in [-0.05, 0) is 31.0 Å². The average molecular weight is 459 g/mol. The summed E-state index contributed by atoms with van der Waals surface area (Å²) in [6.45, 7) is 4.26. The number of nitrogens with one attached hydrogen (secondary N) is 1. The van der Waals surface area contributed by atoms with Gasteiger partial charge in [0, 0.05) is 18.2 Å². The molecular weight excluding hydrogens is 426 g/mol. The average Bonchev–Trinajstić information content (AvgIpc) is 2.77. The number of diazo groups is 1. The second kappa shape index (κ2) is 12.8. The highest BCUT2D eigenvalue weighted by molar-refractivity contribution is 7.90. The number of sulfone groups is 1. The van der Waals surface area contributed by atoms with Crippen LogP contribution < -0.4 is 5.32 Å². The molecule has 2 rings (SSSR count). The van der Waals surface area contributed by atoms with E-state index < -0.39 is 9.84 Å². The van der Waals surface area contributed by atoms with Crippen molar-refractivity contribution >= 4 is 27.2 Å². The molecule has 0 bridgehead atoms. The lowest BCUT2D eigenvalue weighted by atomic mass is 10.1. The normalized spacial score (nSPS) is 12.0. The summed E-state index contributed by atoms with van der Waals surface area (Å²) in [5.74, 6) is -0.428. The third-order valence-electron chi connectivity index (χ3n) is 5.01. The van der Waals surface area contributed by atoms with Gasteiger partial charge in [0.25, 0.3) is 0 Å². The summed E-state index contributed by atoms with van der Waals surface area (Å²) >= 11 is 0. The lowest BCUT2D eigenvalue weighted by molar-refractivity contribution is -0.147. The molecule has 2 aromatic rings. The molecule has 0 spiro atoms. The van der Waals surface area contributed by atoms with E-state index in [0.717, 1.165) is 25.7 Å². The van der Waals surface area contributed by atoms with Crippen molar-refractivity contribution < 1.29 is 17.9 Å². The molecule has 172 valence electrons. The highest BCUT2D eigenvalue weighted by atomic mass is 32.2. The number of esters is 1. The maximum atomic E-state index is 12.9. The molecule has 0 amide bonds. The van der Waals surface area contributed by atoms with Gasteiger partial charge in [-0.25, -0.2) is 8.42 Å². The fraction of sp³-hybridized carbons (Fsp3) is 0.458. The Kier molecular flexibility index (Phi) is 10.2. The number of anilines is 1. The van der Waals surface area contributed by atoms with Gasteiger partial charge in [0.2, 0.25) is 5.39 Å². The SMILES string of the molecule is CCCCCCCC(=O)OC(C)CNc1ccc([N+]#N)c(S(=O)(=O)Cc2ccccc2)c1. The highest BCUT2D eigenvalue weighted by Gasteiger charge is 2.27. The monoisotopic (exact) mass is 458 g/mol. The van der Waals surface area contributed by atoms with Gasteiger partial charge in [0.05, 0.1) is 12.3 Å². The van der Waals surface area contributed by atoms with Gasteiger partial charge in [-0.1, -0.05) is 62.9 Å². The zero-order valence-electron chi connectivity index (χ0n) is 18.8. The third kappa shape index (κ3) is 8.31. The fourth-order valence-electron chi connectivity index (χ4n) is 3.29. The molecule has 0 saturated carbocycles. The van der Waals surface area contributed by atoms with Gasteiger partial charge >= 0.3 is 11.7 Å². The van der Waals surface area contributed by atoms with Crippen molar-refractivity contribution in [3.05, 3.63) is 59.1 Å². The van der Waals surface area contributed by atoms with E-state index in [-0.39, 0.29) is 28.4 Å². The number of hydrogen-bond acceptors (Lipinski definition) is 6. The predicted molar refractivity (Wildman–Crippen MR) is 126 cm³/mol. The zero-order valence-corrected chi connectivity index (χ0v) is 19.6. The van der Waals surface area contributed by atoms with E-state index in [4.69, 9.17) is 4.74 Å². The number of nitrogens with zero attached hydrogens (tertiary/aromatic N) is 2. The van der Waals surface area contributed by atoms with Crippen LogP contribution in [0.1, 0.15) is 57.9 Å². The molecular formula is C24H32N3O4S+. The number of benzene rings is 2. The Morgan fingerprint density at radius 1 is 1.09 bits per heavy atom. The van der Waals surface area contributed by atoms with Crippen LogP contribution in [-0.2, 0) is 25.1 Å². The molecule has 8 heteroatoms. The first-order chi connectivity index (χ1) is 15.4. The second-order valence-corrected chi connectivity index (χ2v) is 9.83. The van der Waals surface area contributed by atoms with Gasteiger partial charge in [0.15, 0.2) is 19.7 Å². The Balaban J connectivity index is 1.95. The number of unbranched alkanes of at least 4 members (excludes halogenated alkanes) is 4. The summed E-state index contributed by atoms with van der Waals surface area (Å²) in [5.41, 5.74) is 1.16. The van der Waals surface area contributed by atoms with Gasteiger partial charge in [-0.15, -0.1) is 0 Å². The lowest BCUT2D eigenvalue weighted by Crippen LogP contribution is -2.23. The number of rotatable bonds is 13. The van der Waals surface area contributed by atoms with Crippen LogP contribution in [0, 0.1) is 5.39 Å². The quantitative estimate of drug-likeness (QED) is 0.230. The van der Waals surface area contributed by atoms with Crippen molar-refractivity contribution in [2.75, 3.05) is 11.9 Å². The van der Waals surface area contributed by atoms with E-state index in [2.05, 4.69) is 17.2 Å². The number of ether oxygens (including phenoxy) is 1. The van der Waals surface area contributed by atoms with Crippen molar-refractivity contribution in [2.24, 2.45) is 0 Å². The minimum atomic E-state index is -3.73. The molecule has 0 aliphatic carbocycles. The Morgan fingerprint density at radius 3 is 2.50 bits per heavy atom. The van der Waals surface area contributed by atoms with Crippen LogP contribution in [0.2, 0.25) is 0 Å². The number of carbonyl (C=O) groups is 1. The van der Waals surface area contributed by atoms with Gasteiger partial charge in [-0.3, -0.25) is 4.79 Å². The molecule has 0 radical (unpaired) electrons. The molecule has 7 nitrogen and oxygen atoms in total. The molecule has 32 heavy (non-hydrogen) atoms. The molecule has 0 aliphatic heterocycles. The standard InChI is InChI=1S/C24H32N3O4S/c1-3-4-5-6-10-13-24(28)31-19(2)17-26-21-14-15-22(27-25)23(16-21)32(29,30)18-20-11-8-7-9-12-20/h7-9,11-12,14-16,19,26H,3-6,10,13,17-18H2,1-2H3/q+1. The van der Waals surface area contributed by atoms with E-state index in [9.17, 15) is 18.6 Å². The zero-order chi connectivity index (χ0) is 23.4. The van der Waals surface area contributed by atoms with Crippen LogP contribution in [0.4, 0.5) is 11.4 Å². The van der Waals surface area contributed by atoms with Gasteiger partial charge < -0.3 is 10.1 Å². The molecule has 0 aliphatic rings. The summed E-state index contributed by atoms with van der Waals surface area (Å²) in [7, 11) is -3.73. The summed E-state index contributed by atoms with van der Waals surface area (Å²) in [6.07, 6.45) is 5.36. The molecule has 1 unspecified atom stereocenters. The summed E-state index contributed by atoms with van der Waals surface area (Å²) in [6, 6.07) is 13.3. The third-order valence-corrected chi connectivity index (χ3v) is 6.72. The van der Waals surface area contributed by atoms with Crippen molar-refractivity contribution in [3.8, 4) is 0 Å². The summed E-state index contributed by atoms with van der Waals surface area (Å²) in [4.78, 5) is 15.0. The highest BCUT2D eigenvalue weighted by Crippen LogP contribution is 2.30. The fourth-order valence-corrected chi connectivity index (χ4v) is 4.81. The predicted octanol–water partition coefficient (Wildman–Crippen LogP) is 5.85. The van der Waals surface area contributed by atoms with Crippen LogP contribution in [0.15, 0.2) is 53.4 Å². The first-order valence-corrected chi connectivity index (χ1v) is 12.7. The minimum Gasteiger partial charge on any atom is -0.461 e. The van der Waals surface area contributed by atoms with Crippen LogP contribution in [0.25, 0.3) is 4.98 Å². The molecule has 1 atom stereocenters. The molecule has 0 saturated heterocycles. The van der Waals surface area contributed by atoms with Crippen LogP contribution in [-0.4, -0.2) is 27.0 Å². The van der Waals surface area contributed by atoms with E-state index in [0.29, 0.717) is 24.2 Å². The summed E-state index contributed by atoms with van der Waals surface area (Å²) in [5, 5.41) is 12.4. The Bertz CT molecular complexity index is 1020. The molecule has 0 heterocycles. The minimum absolute atomic E-state index is 0.0194. The Hall–Kier alpha value is -2.92. The van der Waals surface area contributed by atoms with E-state index in [1.807, 2.05) is 6.07 Å². The van der Waals surface area contributed by atoms with Crippen LogP contribution in [0.5, 0.6) is 0 Å². The topological polar surface area (TPSA) is 101 Å². The van der Waals surface area contributed by atoms with E-state index in [1.165, 1.54) is 18.6 Å². The van der Waals surface area contributed by atoms with Gasteiger partial charge in [-0.2, -0.15) is 0 Å². The molecule has 0 fully saturated rings. The number of hydrogen-bond donors (Lipinski definition) is 1. The molecule has 2 aromatic carbocycles. The van der Waals surface area contributed by atoms with Crippen LogP contribution in [0.3, 0.4) is 0 Å². The van der Waals surface area contributed by atoms with Crippen LogP contribution >= 0.6 is 0 Å². The smallest absolute Gasteiger partial charge is 0.403 e. The van der Waals surface area contributed by atoms with Crippen molar-refractivity contribution in [2.45, 2.75) is 69.1 Å². The first kappa shape index (κ1) is 25.3. The van der Waals surface area contributed by atoms with E-state index in [1.54, 1.807) is 37.3 Å². The maximum absolute atomic E-state index is 12.9. The molecule has 0 aromatic heterocycles. The van der Waals surface area contributed by atoms with E-state index >= 15 is 0 Å². The van der Waals surface area contributed by atoms with Crippen molar-refractivity contribution in [1.82, 2.24) is 0 Å². The summed E-state index contributed by atoms with van der Waals surface area (Å²) < 4.78 is 31.3. The largest absolute Gasteiger partial charge is 0.461 e. The maximum Gasteiger partial charge on any atom is 0.403 e. The second-order valence-electron chi connectivity index (χ2n) is 7.87. The number of carbonyl (C=O) groups excluding carboxylic acids is 1. The van der Waals surface area contributed by atoms with Crippen molar-refractivity contribution in [3.63, 3.8) is 0 Å². The van der Waals surface area contributed by atoms with Crippen molar-refractivity contribution in [1.29, 1.82) is 5.39 Å². The molecule has 1 N–H and O–H groups in total. The Morgan fingerprint density at radius 2 is 1.81 bits per heavy atom. The Labute approximate surface area is 190 Å². The van der Waals surface area contributed by atoms with Gasteiger partial charge in [0.1, 0.15) is 6.10 Å². The first-order valence-electron chi connectivity index (χ1n) is 11.0.